The normalized spacial score (nSPS) is 16.8. The minimum Gasteiger partial charge on any atom is -0.379 e. The number of aromatic nitrogens is 1. The molecule has 0 unspecified atom stereocenters. The number of ether oxygens (including phenoxy) is 1. The zero-order valence-electron chi connectivity index (χ0n) is 8.93. The Morgan fingerprint density at radius 3 is 2.82 bits per heavy atom. The van der Waals surface area contributed by atoms with Crippen molar-refractivity contribution < 1.29 is 9.66 Å². The lowest BCUT2D eigenvalue weighted by Crippen LogP contribution is -2.40. The molecule has 0 spiro atoms. The standard InChI is InChI=1S/C9H11ClN4O3/c10-8-2-1-7(14(15)16)9(11-8)12-13-3-5-17-6-4-13/h1-2H,3-6H2,(H,11,12). The summed E-state index contributed by atoms with van der Waals surface area (Å²) in [5.41, 5.74) is 2.79. The number of nitro groups is 1. The molecule has 7 nitrogen and oxygen atoms in total. The summed E-state index contributed by atoms with van der Waals surface area (Å²) in [7, 11) is 0. The monoisotopic (exact) mass is 258 g/mol. The molecule has 1 aromatic heterocycles. The minimum atomic E-state index is -0.494. The zero-order valence-corrected chi connectivity index (χ0v) is 9.68. The Kier molecular flexibility index (Phi) is 3.72. The highest BCUT2D eigenvalue weighted by Gasteiger charge is 2.19. The van der Waals surface area contributed by atoms with Gasteiger partial charge in [0.15, 0.2) is 0 Å². The van der Waals surface area contributed by atoms with Gasteiger partial charge in [-0.1, -0.05) is 11.6 Å². The average Bonchev–Trinajstić information content (AvgIpc) is 2.30. The van der Waals surface area contributed by atoms with Crippen LogP contribution in [0.4, 0.5) is 11.5 Å². The quantitative estimate of drug-likeness (QED) is 0.500. The molecule has 8 heteroatoms. The van der Waals surface area contributed by atoms with Gasteiger partial charge in [-0.15, -0.1) is 0 Å². The van der Waals surface area contributed by atoms with E-state index in [1.54, 1.807) is 0 Å². The van der Waals surface area contributed by atoms with E-state index in [0.717, 1.165) is 0 Å². The van der Waals surface area contributed by atoms with Gasteiger partial charge in [-0.25, -0.2) is 9.99 Å². The molecule has 1 aliphatic rings. The van der Waals surface area contributed by atoms with Gasteiger partial charge in [0.1, 0.15) is 5.15 Å². The second-order valence-electron chi connectivity index (χ2n) is 3.47. The summed E-state index contributed by atoms with van der Waals surface area (Å²) in [4.78, 5) is 14.2. The first-order chi connectivity index (χ1) is 8.16. The van der Waals surface area contributed by atoms with E-state index in [4.69, 9.17) is 16.3 Å². The van der Waals surface area contributed by atoms with Crippen molar-refractivity contribution in [3.63, 3.8) is 0 Å². The fourth-order valence-corrected chi connectivity index (χ4v) is 1.63. The summed E-state index contributed by atoms with van der Waals surface area (Å²) < 4.78 is 5.18. The van der Waals surface area contributed by atoms with Crippen LogP contribution in [-0.2, 0) is 4.74 Å². The number of halogens is 1. The molecule has 0 saturated carbocycles. The van der Waals surface area contributed by atoms with Crippen LogP contribution in [0.2, 0.25) is 5.15 Å². The summed E-state index contributed by atoms with van der Waals surface area (Å²) in [5, 5.41) is 12.8. The Labute approximate surface area is 102 Å². The van der Waals surface area contributed by atoms with Gasteiger partial charge in [-0.3, -0.25) is 15.5 Å². The highest BCUT2D eigenvalue weighted by atomic mass is 35.5. The van der Waals surface area contributed by atoms with Crippen molar-refractivity contribution in [1.29, 1.82) is 0 Å². The smallest absolute Gasteiger partial charge is 0.312 e. The van der Waals surface area contributed by atoms with Crippen LogP contribution in [0.15, 0.2) is 12.1 Å². The highest BCUT2D eigenvalue weighted by Crippen LogP contribution is 2.24. The van der Waals surface area contributed by atoms with Crippen LogP contribution in [0, 0.1) is 10.1 Å². The first kappa shape index (κ1) is 12.0. The first-order valence-corrected chi connectivity index (χ1v) is 5.45. The van der Waals surface area contributed by atoms with E-state index in [1.165, 1.54) is 12.1 Å². The van der Waals surface area contributed by atoms with Gasteiger partial charge >= 0.3 is 5.69 Å². The van der Waals surface area contributed by atoms with Crippen molar-refractivity contribution >= 4 is 23.1 Å². The van der Waals surface area contributed by atoms with E-state index in [1.807, 2.05) is 5.01 Å². The maximum atomic E-state index is 10.8. The summed E-state index contributed by atoms with van der Waals surface area (Å²) >= 11 is 5.72. The number of anilines is 1. The third-order valence-electron chi connectivity index (χ3n) is 2.31. The largest absolute Gasteiger partial charge is 0.379 e. The number of pyridine rings is 1. The lowest BCUT2D eigenvalue weighted by atomic mass is 10.4. The van der Waals surface area contributed by atoms with Crippen molar-refractivity contribution in [2.24, 2.45) is 0 Å². The summed E-state index contributed by atoms with van der Waals surface area (Å²) in [6.45, 7) is 2.46. The SMILES string of the molecule is O=[N+]([O-])c1ccc(Cl)nc1NN1CCOCC1. The molecule has 0 aromatic carbocycles. The molecule has 92 valence electrons. The maximum Gasteiger partial charge on any atom is 0.312 e. The molecule has 2 heterocycles. The van der Waals surface area contributed by atoms with E-state index >= 15 is 0 Å². The van der Waals surface area contributed by atoms with Crippen molar-refractivity contribution in [2.75, 3.05) is 31.7 Å². The topological polar surface area (TPSA) is 80.5 Å². The van der Waals surface area contributed by atoms with Crippen molar-refractivity contribution in [3.8, 4) is 0 Å². The van der Waals surface area contributed by atoms with Crippen LogP contribution in [0.1, 0.15) is 0 Å². The summed E-state index contributed by atoms with van der Waals surface area (Å²) in [5.74, 6) is 0.157. The van der Waals surface area contributed by atoms with Gasteiger partial charge in [-0.2, -0.15) is 0 Å². The number of morpholine rings is 1. The molecule has 1 aliphatic heterocycles. The van der Waals surface area contributed by atoms with Crippen LogP contribution >= 0.6 is 11.6 Å². The average molecular weight is 259 g/mol. The van der Waals surface area contributed by atoms with Gasteiger partial charge in [0.25, 0.3) is 0 Å². The van der Waals surface area contributed by atoms with Crippen LogP contribution in [0.25, 0.3) is 0 Å². The van der Waals surface area contributed by atoms with E-state index in [9.17, 15) is 10.1 Å². The lowest BCUT2D eigenvalue weighted by molar-refractivity contribution is -0.384. The molecular formula is C9H11ClN4O3. The maximum absolute atomic E-state index is 10.8. The number of hydrazine groups is 1. The van der Waals surface area contributed by atoms with Crippen molar-refractivity contribution in [1.82, 2.24) is 9.99 Å². The van der Waals surface area contributed by atoms with E-state index < -0.39 is 4.92 Å². The third-order valence-corrected chi connectivity index (χ3v) is 2.52. The third kappa shape index (κ3) is 3.02. The van der Waals surface area contributed by atoms with Crippen LogP contribution < -0.4 is 5.43 Å². The molecule has 1 aromatic rings. The van der Waals surface area contributed by atoms with Crippen molar-refractivity contribution in [2.45, 2.75) is 0 Å². The fraction of sp³-hybridized carbons (Fsp3) is 0.444. The molecule has 1 fully saturated rings. The highest BCUT2D eigenvalue weighted by molar-refractivity contribution is 6.29. The van der Waals surface area contributed by atoms with Crippen LogP contribution in [0.5, 0.6) is 0 Å². The molecule has 0 atom stereocenters. The summed E-state index contributed by atoms with van der Waals surface area (Å²) in [6.07, 6.45) is 0. The Balaban J connectivity index is 2.17. The lowest BCUT2D eigenvalue weighted by Gasteiger charge is -2.27. The van der Waals surface area contributed by atoms with Gasteiger partial charge in [-0.05, 0) is 6.07 Å². The van der Waals surface area contributed by atoms with E-state index in [2.05, 4.69) is 10.4 Å². The minimum absolute atomic E-state index is 0.0964. The first-order valence-electron chi connectivity index (χ1n) is 5.07. The Hall–Kier alpha value is -1.44. The molecule has 0 aliphatic carbocycles. The molecule has 0 radical (unpaired) electrons. The van der Waals surface area contributed by atoms with Gasteiger partial charge in [0.2, 0.25) is 5.82 Å². The van der Waals surface area contributed by atoms with Gasteiger partial charge in [0.05, 0.1) is 18.1 Å². The molecular weight excluding hydrogens is 248 g/mol. The molecule has 0 bridgehead atoms. The summed E-state index contributed by atoms with van der Waals surface area (Å²) in [6, 6.07) is 2.72. The Morgan fingerprint density at radius 1 is 1.47 bits per heavy atom. The van der Waals surface area contributed by atoms with E-state index in [-0.39, 0.29) is 16.7 Å². The van der Waals surface area contributed by atoms with E-state index in [0.29, 0.717) is 26.3 Å². The molecule has 2 rings (SSSR count). The number of hydrogen-bond acceptors (Lipinski definition) is 6. The van der Waals surface area contributed by atoms with Gasteiger partial charge in [0, 0.05) is 19.2 Å². The van der Waals surface area contributed by atoms with Crippen LogP contribution in [-0.4, -0.2) is 41.2 Å². The van der Waals surface area contributed by atoms with Gasteiger partial charge < -0.3 is 4.74 Å². The molecule has 0 amide bonds. The molecule has 17 heavy (non-hydrogen) atoms. The number of nitrogens with zero attached hydrogens (tertiary/aromatic N) is 3. The fourth-order valence-electron chi connectivity index (χ4n) is 1.48. The second kappa shape index (κ2) is 5.26. The zero-order chi connectivity index (χ0) is 12.3. The van der Waals surface area contributed by atoms with Crippen LogP contribution in [0.3, 0.4) is 0 Å². The number of rotatable bonds is 3. The molecule has 1 saturated heterocycles. The van der Waals surface area contributed by atoms with Crippen molar-refractivity contribution in [3.05, 3.63) is 27.4 Å². The Bertz CT molecular complexity index is 423. The number of nitrogens with one attached hydrogen (secondary N) is 1. The number of hydrogen-bond donors (Lipinski definition) is 1. The predicted molar refractivity (Wildman–Crippen MR) is 61.9 cm³/mol. The molecule has 1 N–H and O–H groups in total. The predicted octanol–water partition coefficient (Wildman–Crippen LogP) is 1.30. The second-order valence-corrected chi connectivity index (χ2v) is 3.86. The Morgan fingerprint density at radius 2 is 2.18 bits per heavy atom.